The van der Waals surface area contributed by atoms with Crippen molar-refractivity contribution in [2.24, 2.45) is 0 Å². The molecule has 0 radical (unpaired) electrons. The van der Waals surface area contributed by atoms with E-state index in [1.54, 1.807) is 6.07 Å². The van der Waals surface area contributed by atoms with E-state index >= 15 is 0 Å². The minimum atomic E-state index is -3.54. The Bertz CT molecular complexity index is 767. The number of aryl methyl sites for hydroxylation is 2. The van der Waals surface area contributed by atoms with E-state index in [0.717, 1.165) is 19.3 Å². The predicted molar refractivity (Wildman–Crippen MR) is 89.7 cm³/mol. The first-order valence-corrected chi connectivity index (χ1v) is 9.15. The number of benzene rings is 2. The molecule has 0 bridgehead atoms. The van der Waals surface area contributed by atoms with Gasteiger partial charge in [0.15, 0.2) is 0 Å². The third-order valence-corrected chi connectivity index (χ3v) is 6.11. The van der Waals surface area contributed by atoms with Gasteiger partial charge in [0.25, 0.3) is 10.0 Å². The van der Waals surface area contributed by atoms with Crippen molar-refractivity contribution in [2.75, 3.05) is 4.31 Å². The lowest BCUT2D eigenvalue weighted by atomic mass is 10.1. The third-order valence-electron chi connectivity index (χ3n) is 4.11. The maximum absolute atomic E-state index is 13.1. The maximum Gasteiger partial charge on any atom is 0.264 e. The zero-order valence-corrected chi connectivity index (χ0v) is 13.8. The van der Waals surface area contributed by atoms with Crippen molar-refractivity contribution in [3.8, 4) is 0 Å². The van der Waals surface area contributed by atoms with Crippen molar-refractivity contribution >= 4 is 15.7 Å². The Kier molecular flexibility index (Phi) is 3.96. The molecule has 0 heterocycles. The van der Waals surface area contributed by atoms with Crippen molar-refractivity contribution < 1.29 is 8.42 Å². The summed E-state index contributed by atoms with van der Waals surface area (Å²) in [6.07, 6.45) is 3.15. The van der Waals surface area contributed by atoms with E-state index < -0.39 is 10.0 Å². The number of sulfonamides is 1. The number of nitrogens with zero attached hydrogens (tertiary/aromatic N) is 1. The first-order chi connectivity index (χ1) is 10.5. The second-order valence-corrected chi connectivity index (χ2v) is 7.83. The fraction of sp³-hybridized carbons (Fsp3) is 0.333. The fourth-order valence-corrected chi connectivity index (χ4v) is 4.82. The molecule has 0 saturated carbocycles. The maximum atomic E-state index is 13.1. The van der Waals surface area contributed by atoms with Gasteiger partial charge in [-0.2, -0.15) is 0 Å². The lowest BCUT2D eigenvalue weighted by molar-refractivity contribution is 0.584. The van der Waals surface area contributed by atoms with E-state index in [-0.39, 0.29) is 6.04 Å². The Morgan fingerprint density at radius 2 is 1.64 bits per heavy atom. The summed E-state index contributed by atoms with van der Waals surface area (Å²) in [5.41, 5.74) is 3.17. The van der Waals surface area contributed by atoms with Crippen LogP contribution in [0.1, 0.15) is 31.4 Å². The van der Waals surface area contributed by atoms with Crippen LogP contribution in [-0.4, -0.2) is 14.5 Å². The topological polar surface area (TPSA) is 37.4 Å². The summed E-state index contributed by atoms with van der Waals surface area (Å²) in [5.74, 6) is 0. The van der Waals surface area contributed by atoms with Gasteiger partial charge in [0.05, 0.1) is 10.6 Å². The van der Waals surface area contributed by atoms with Crippen LogP contribution in [-0.2, 0) is 22.9 Å². The molecular formula is C18H21NO2S. The zero-order valence-electron chi connectivity index (χ0n) is 13.0. The molecule has 0 unspecified atom stereocenters. The summed E-state index contributed by atoms with van der Waals surface area (Å²) in [4.78, 5) is 0.394. The van der Waals surface area contributed by atoms with Crippen LogP contribution in [0.3, 0.4) is 0 Å². The number of rotatable bonds is 4. The molecule has 0 saturated heterocycles. The van der Waals surface area contributed by atoms with Crippen LogP contribution in [0.25, 0.3) is 0 Å². The van der Waals surface area contributed by atoms with Gasteiger partial charge in [-0.15, -0.1) is 0 Å². The number of hydrogen-bond donors (Lipinski definition) is 0. The summed E-state index contributed by atoms with van der Waals surface area (Å²) < 4.78 is 27.7. The predicted octanol–water partition coefficient (Wildman–Crippen LogP) is 3.78. The van der Waals surface area contributed by atoms with Gasteiger partial charge in [-0.05, 0) is 68.5 Å². The molecule has 2 aromatic rings. The SMILES string of the molecule is CC(C)N(c1ccccc1)S(=O)(=O)c1ccc2c(c1)CCC2. The Morgan fingerprint density at radius 1 is 0.955 bits per heavy atom. The molecule has 0 spiro atoms. The van der Waals surface area contributed by atoms with Gasteiger partial charge in [-0.1, -0.05) is 24.3 Å². The highest BCUT2D eigenvalue weighted by atomic mass is 32.2. The van der Waals surface area contributed by atoms with Gasteiger partial charge < -0.3 is 0 Å². The Hall–Kier alpha value is -1.81. The molecule has 22 heavy (non-hydrogen) atoms. The first kappa shape index (κ1) is 15.1. The molecule has 2 aromatic carbocycles. The average Bonchev–Trinajstić information content (AvgIpc) is 2.95. The third kappa shape index (κ3) is 2.63. The van der Waals surface area contributed by atoms with E-state index in [1.165, 1.54) is 15.4 Å². The van der Waals surface area contributed by atoms with Crippen molar-refractivity contribution in [2.45, 2.75) is 44.0 Å². The Labute approximate surface area is 132 Å². The largest absolute Gasteiger partial charge is 0.264 e. The van der Waals surface area contributed by atoms with Crippen molar-refractivity contribution in [1.82, 2.24) is 0 Å². The average molecular weight is 315 g/mol. The lowest BCUT2D eigenvalue weighted by Gasteiger charge is -2.28. The molecule has 0 aromatic heterocycles. The summed E-state index contributed by atoms with van der Waals surface area (Å²) in [7, 11) is -3.54. The molecule has 1 aliphatic carbocycles. The molecule has 0 atom stereocenters. The molecule has 4 heteroatoms. The Morgan fingerprint density at radius 3 is 2.32 bits per heavy atom. The lowest BCUT2D eigenvalue weighted by Crippen LogP contribution is -2.37. The van der Waals surface area contributed by atoms with E-state index in [0.29, 0.717) is 10.6 Å². The molecule has 0 N–H and O–H groups in total. The van der Waals surface area contributed by atoms with Gasteiger partial charge in [0, 0.05) is 6.04 Å². The number of fused-ring (bicyclic) bond motifs is 1. The van der Waals surface area contributed by atoms with Crippen LogP contribution < -0.4 is 4.31 Å². The molecule has 0 aliphatic heterocycles. The summed E-state index contributed by atoms with van der Waals surface area (Å²) >= 11 is 0. The van der Waals surface area contributed by atoms with Gasteiger partial charge in [0.1, 0.15) is 0 Å². The molecule has 116 valence electrons. The van der Waals surface area contributed by atoms with Crippen LogP contribution in [0.5, 0.6) is 0 Å². The van der Waals surface area contributed by atoms with Crippen molar-refractivity contribution in [1.29, 1.82) is 0 Å². The number of para-hydroxylation sites is 1. The summed E-state index contributed by atoms with van der Waals surface area (Å²) in [6.45, 7) is 3.80. The fourth-order valence-electron chi connectivity index (χ4n) is 3.11. The molecule has 3 nitrogen and oxygen atoms in total. The van der Waals surface area contributed by atoms with Crippen LogP contribution in [0.4, 0.5) is 5.69 Å². The highest BCUT2D eigenvalue weighted by Crippen LogP contribution is 2.29. The van der Waals surface area contributed by atoms with Gasteiger partial charge in [0.2, 0.25) is 0 Å². The minimum Gasteiger partial charge on any atom is -0.264 e. The minimum absolute atomic E-state index is 0.138. The first-order valence-electron chi connectivity index (χ1n) is 7.71. The van der Waals surface area contributed by atoms with Crippen LogP contribution >= 0.6 is 0 Å². The normalized spacial score (nSPS) is 14.1. The highest BCUT2D eigenvalue weighted by molar-refractivity contribution is 7.92. The van der Waals surface area contributed by atoms with Crippen LogP contribution in [0.2, 0.25) is 0 Å². The molecule has 1 aliphatic rings. The second-order valence-electron chi connectivity index (χ2n) is 6.01. The van der Waals surface area contributed by atoms with Crippen LogP contribution in [0, 0.1) is 0 Å². The monoisotopic (exact) mass is 315 g/mol. The Balaban J connectivity index is 2.07. The summed E-state index contributed by atoms with van der Waals surface area (Å²) in [6, 6.07) is 14.7. The molecule has 0 fully saturated rings. The number of hydrogen-bond acceptors (Lipinski definition) is 2. The molecular weight excluding hydrogens is 294 g/mol. The highest BCUT2D eigenvalue weighted by Gasteiger charge is 2.28. The van der Waals surface area contributed by atoms with E-state index in [2.05, 4.69) is 0 Å². The smallest absolute Gasteiger partial charge is 0.264 e. The molecule has 3 rings (SSSR count). The van der Waals surface area contributed by atoms with E-state index in [4.69, 9.17) is 0 Å². The quantitative estimate of drug-likeness (QED) is 0.861. The molecule has 0 amide bonds. The zero-order chi connectivity index (χ0) is 15.7. The second kappa shape index (κ2) is 5.76. The van der Waals surface area contributed by atoms with Gasteiger partial charge in [-0.25, -0.2) is 8.42 Å². The van der Waals surface area contributed by atoms with E-state index in [1.807, 2.05) is 56.3 Å². The van der Waals surface area contributed by atoms with Crippen molar-refractivity contribution in [3.05, 3.63) is 59.7 Å². The van der Waals surface area contributed by atoms with E-state index in [9.17, 15) is 8.42 Å². The number of anilines is 1. The van der Waals surface area contributed by atoms with Gasteiger partial charge in [-0.3, -0.25) is 4.31 Å². The van der Waals surface area contributed by atoms with Crippen LogP contribution in [0.15, 0.2) is 53.4 Å². The summed E-state index contributed by atoms with van der Waals surface area (Å²) in [5, 5.41) is 0. The van der Waals surface area contributed by atoms with Crippen molar-refractivity contribution in [3.63, 3.8) is 0 Å². The van der Waals surface area contributed by atoms with Gasteiger partial charge >= 0.3 is 0 Å². The standard InChI is InChI=1S/C18H21NO2S/c1-14(2)19(17-9-4-3-5-10-17)22(20,21)18-12-11-15-7-6-8-16(15)13-18/h3-5,9-14H,6-8H2,1-2H3.